The Morgan fingerprint density at radius 3 is 1.07 bits per heavy atom. The quantitative estimate of drug-likeness (QED) is 0.0374. The van der Waals surface area contributed by atoms with Gasteiger partial charge in [-0.15, -0.1) is 0 Å². The third-order valence-electron chi connectivity index (χ3n) is 4.67. The van der Waals surface area contributed by atoms with E-state index in [1.54, 1.807) is 0 Å². The Morgan fingerprint density at radius 2 is 0.909 bits per heavy atom. The zero-order chi connectivity index (χ0) is 33.9. The average molecular weight is 699 g/mol. The number of aliphatic carboxylic acids is 2. The van der Waals surface area contributed by atoms with Gasteiger partial charge in [-0.05, 0) is 6.42 Å². The fourth-order valence-electron chi connectivity index (χ4n) is 2.60. The van der Waals surface area contributed by atoms with E-state index >= 15 is 0 Å². The van der Waals surface area contributed by atoms with E-state index in [0.717, 1.165) is 12.8 Å². The van der Waals surface area contributed by atoms with Gasteiger partial charge in [0.1, 0.15) is 10.5 Å². The van der Waals surface area contributed by atoms with Crippen LogP contribution in [0.2, 0.25) is 0 Å². The number of aliphatic hydroxyl groups excluding tert-OH is 1. The molecule has 0 rings (SSSR count). The molecule has 0 bridgehead atoms. The van der Waals surface area contributed by atoms with E-state index < -0.39 is 67.3 Å². The Labute approximate surface area is 302 Å². The first kappa shape index (κ1) is 55.5. The third-order valence-corrected chi connectivity index (χ3v) is 6.83. The minimum atomic E-state index is -4.82. The molecule has 0 aliphatic rings. The predicted molar refractivity (Wildman–Crippen MR) is 145 cm³/mol. The molecule has 11 N–H and O–H groups in total. The second-order valence-electron chi connectivity index (χ2n) is 8.54. The van der Waals surface area contributed by atoms with Crippen LogP contribution in [0.4, 0.5) is 0 Å². The number of hydrogen-bond donors (Lipinski definition) is 7. The van der Waals surface area contributed by atoms with Crippen molar-refractivity contribution < 1.29 is 124 Å². The molecular formula is C22H44N4Na2O14S2. The van der Waals surface area contributed by atoms with Crippen LogP contribution in [0.25, 0.3) is 0 Å². The van der Waals surface area contributed by atoms with Gasteiger partial charge in [0.2, 0.25) is 17.7 Å². The van der Waals surface area contributed by atoms with Crippen LogP contribution >= 0.6 is 0 Å². The van der Waals surface area contributed by atoms with Gasteiger partial charge in [0.25, 0.3) is 20.2 Å². The number of primary amides is 3. The van der Waals surface area contributed by atoms with Crippen molar-refractivity contribution in [3.8, 4) is 0 Å². The molecule has 0 aromatic carbocycles. The van der Waals surface area contributed by atoms with Gasteiger partial charge < -0.3 is 47.8 Å². The summed E-state index contributed by atoms with van der Waals surface area (Å²) in [6, 6.07) is 0. The molecular weight excluding hydrogens is 654 g/mol. The number of unbranched alkanes of at least 4 members (excludes halogenated alkanes) is 8. The monoisotopic (exact) mass is 698 g/mol. The molecule has 18 nitrogen and oxygen atoms in total. The van der Waals surface area contributed by atoms with Crippen LogP contribution in [0.1, 0.15) is 84.0 Å². The Bertz CT molecular complexity index is 952. The summed E-state index contributed by atoms with van der Waals surface area (Å²) < 4.78 is 57.4. The number of carboxylic acids is 2. The van der Waals surface area contributed by atoms with Crippen LogP contribution < -0.4 is 92.3 Å². The molecule has 0 aliphatic heterocycles. The molecule has 0 fully saturated rings. The van der Waals surface area contributed by atoms with Crippen LogP contribution in [0.3, 0.4) is 0 Å². The first-order valence-corrected chi connectivity index (χ1v) is 15.7. The van der Waals surface area contributed by atoms with E-state index in [9.17, 15) is 51.0 Å². The van der Waals surface area contributed by atoms with Crippen molar-refractivity contribution in [3.05, 3.63) is 0 Å². The van der Waals surface area contributed by atoms with Crippen molar-refractivity contribution in [2.24, 2.45) is 22.9 Å². The molecule has 250 valence electrons. The molecule has 0 saturated carbocycles. The molecule has 0 saturated heterocycles. The summed E-state index contributed by atoms with van der Waals surface area (Å²) in [5.41, 5.74) is 18.9. The molecule has 0 heterocycles. The van der Waals surface area contributed by atoms with Gasteiger partial charge in [0, 0.05) is 13.0 Å². The van der Waals surface area contributed by atoms with E-state index in [-0.39, 0.29) is 71.6 Å². The first-order valence-electron chi connectivity index (χ1n) is 12.7. The van der Waals surface area contributed by atoms with Gasteiger partial charge in [-0.2, -0.15) is 16.8 Å². The number of carbonyl (C=O) groups excluding carboxylic acids is 5. The maximum Gasteiger partial charge on any atom is 1.00 e. The Kier molecular flexibility index (Phi) is 42.2. The molecule has 0 aromatic rings. The molecule has 22 heteroatoms. The van der Waals surface area contributed by atoms with Gasteiger partial charge in [0.15, 0.2) is 0 Å². The Balaban J connectivity index is -0.000000114. The molecule has 2 atom stereocenters. The summed E-state index contributed by atoms with van der Waals surface area (Å²) in [4.78, 5) is 50.7. The number of aliphatic hydroxyl groups is 1. The smallest absolute Gasteiger partial charge is 0.549 e. The van der Waals surface area contributed by atoms with Crippen molar-refractivity contribution in [2.45, 2.75) is 94.5 Å². The molecule has 2 unspecified atom stereocenters. The fraction of sp³-hybridized carbons (Fsp3) is 0.773. The standard InChI is InChI=1S/C12H25NO.2C4H7NO6S.C2H7NO.2Na/c1-2-3-4-5-6-7-8-9-10-11-12(13)14;2*5-3(6)1-2(4(7)8)12(9,10)11;3-1-2-4;;/h2-11H2,1H3,(H2,13,14);2*2H,1H2,(H2,5,6)(H,7,8)(H,9,10,11);4H,1-3H2;;/q;;;;2*+1/p-2. The van der Waals surface area contributed by atoms with Gasteiger partial charge >= 0.3 is 59.1 Å². The van der Waals surface area contributed by atoms with Crippen LogP contribution in [-0.2, 0) is 44.2 Å². The fourth-order valence-corrected chi connectivity index (χ4v) is 3.83. The normalized spacial score (nSPS) is 11.5. The van der Waals surface area contributed by atoms with Crippen molar-refractivity contribution in [2.75, 3.05) is 13.2 Å². The summed E-state index contributed by atoms with van der Waals surface area (Å²) in [5, 5.41) is 23.2. The van der Waals surface area contributed by atoms with E-state index in [2.05, 4.69) is 18.4 Å². The SMILES string of the molecule is CCCCCCCCCCCC(N)=O.NC(=O)CC(C(=O)[O-])S(=O)(=O)O.NC(=O)CC(C(=O)[O-])S(=O)(=O)O.NCCO.[Na+].[Na+]. The summed E-state index contributed by atoms with van der Waals surface area (Å²) in [5.74, 6) is -6.58. The number of carboxylic acid groups (broad SMARTS) is 2. The summed E-state index contributed by atoms with van der Waals surface area (Å²) in [6.45, 7) is 2.71. The van der Waals surface area contributed by atoms with Crippen molar-refractivity contribution in [1.82, 2.24) is 0 Å². The molecule has 44 heavy (non-hydrogen) atoms. The second kappa shape index (κ2) is 33.5. The van der Waals surface area contributed by atoms with Crippen LogP contribution in [0.5, 0.6) is 0 Å². The topological polar surface area (TPSA) is 365 Å². The number of hydrogen-bond acceptors (Lipinski definition) is 13. The zero-order valence-electron chi connectivity index (χ0n) is 25.5. The average Bonchev–Trinajstić information content (AvgIpc) is 2.84. The third kappa shape index (κ3) is 43.2. The van der Waals surface area contributed by atoms with Crippen molar-refractivity contribution >= 4 is 49.9 Å². The minimum Gasteiger partial charge on any atom is -0.549 e. The summed E-state index contributed by atoms with van der Waals surface area (Å²) in [7, 11) is -9.64. The second-order valence-corrected chi connectivity index (χ2v) is 11.7. The molecule has 0 aliphatic carbocycles. The van der Waals surface area contributed by atoms with Gasteiger partial charge in [-0.3, -0.25) is 23.5 Å². The first-order chi connectivity index (χ1) is 19.2. The van der Waals surface area contributed by atoms with Gasteiger partial charge in [-0.1, -0.05) is 58.3 Å². The molecule has 0 spiro atoms. The molecule has 0 radical (unpaired) electrons. The number of carbonyl (C=O) groups is 5. The van der Waals surface area contributed by atoms with E-state index in [0.29, 0.717) is 13.0 Å². The van der Waals surface area contributed by atoms with Crippen LogP contribution in [0.15, 0.2) is 0 Å². The van der Waals surface area contributed by atoms with E-state index in [4.69, 9.17) is 25.7 Å². The van der Waals surface area contributed by atoms with Gasteiger partial charge in [0.05, 0.1) is 31.4 Å². The Hall–Kier alpha value is -0.910. The van der Waals surface area contributed by atoms with Crippen LogP contribution in [-0.4, -0.2) is 84.4 Å². The molecule has 0 aromatic heterocycles. The minimum absolute atomic E-state index is 0. The zero-order valence-corrected chi connectivity index (χ0v) is 31.1. The number of nitrogens with two attached hydrogens (primary N) is 4. The number of amides is 3. The maximum atomic E-state index is 10.4. The maximum absolute atomic E-state index is 10.4. The van der Waals surface area contributed by atoms with Crippen molar-refractivity contribution in [3.63, 3.8) is 0 Å². The largest absolute Gasteiger partial charge is 1.00 e. The Morgan fingerprint density at radius 1 is 0.636 bits per heavy atom. The number of rotatable bonds is 19. The van der Waals surface area contributed by atoms with E-state index in [1.807, 2.05) is 0 Å². The predicted octanol–water partition coefficient (Wildman–Crippen LogP) is -9.93. The van der Waals surface area contributed by atoms with Gasteiger partial charge in [-0.25, -0.2) is 0 Å². The van der Waals surface area contributed by atoms with Crippen molar-refractivity contribution in [1.29, 1.82) is 0 Å². The summed E-state index contributed by atoms with van der Waals surface area (Å²) >= 11 is 0. The van der Waals surface area contributed by atoms with E-state index in [1.165, 1.54) is 44.9 Å². The van der Waals surface area contributed by atoms with Crippen LogP contribution in [0, 0.1) is 0 Å². The summed E-state index contributed by atoms with van der Waals surface area (Å²) in [6.07, 6.45) is 10.1. The molecule has 3 amide bonds.